The van der Waals surface area contributed by atoms with Crippen molar-refractivity contribution in [3.05, 3.63) is 91.0 Å². The topological polar surface area (TPSA) is 61.8 Å². The molecule has 3 aromatic rings. The lowest BCUT2D eigenvalue weighted by atomic mass is 10.1. The molecule has 0 atom stereocenters. The van der Waals surface area contributed by atoms with Crippen LogP contribution in [-0.2, 0) is 9.13 Å². The lowest BCUT2D eigenvalue weighted by Gasteiger charge is -2.19. The highest BCUT2D eigenvalue weighted by Gasteiger charge is 2.33. The van der Waals surface area contributed by atoms with Crippen molar-refractivity contribution in [1.29, 1.82) is 0 Å². The Morgan fingerprint density at radius 3 is 0.878 bits per heavy atom. The van der Waals surface area contributed by atoms with Crippen molar-refractivity contribution >= 4 is 15.0 Å². The van der Waals surface area contributed by atoms with E-state index in [4.69, 9.17) is 13.6 Å². The summed E-state index contributed by atoms with van der Waals surface area (Å²) in [7, 11) is -5.77. The van der Waals surface area contributed by atoms with Gasteiger partial charge in [-0.1, -0.05) is 172 Å². The highest BCUT2D eigenvalue weighted by Crippen LogP contribution is 2.50. The zero-order valence-electron chi connectivity index (χ0n) is 30.9. The summed E-state index contributed by atoms with van der Waals surface area (Å²) in [6.07, 6.45) is 26.9. The van der Waals surface area contributed by atoms with E-state index in [1.165, 1.54) is 116 Å². The van der Waals surface area contributed by atoms with E-state index >= 15 is 0 Å². The second-order valence-electron chi connectivity index (χ2n) is 13.2. The van der Waals surface area contributed by atoms with Crippen molar-refractivity contribution in [3.63, 3.8) is 0 Å². The number of benzene rings is 3. The molecule has 0 saturated carbocycles. The molecule has 3 rings (SSSR count). The summed E-state index contributed by atoms with van der Waals surface area (Å²) in [5, 5.41) is 0. The van der Waals surface area contributed by atoms with Gasteiger partial charge in [-0.15, -0.1) is 0 Å². The van der Waals surface area contributed by atoms with Gasteiger partial charge in [0.15, 0.2) is 0 Å². The number of phosphoric acid groups is 1. The quantitative estimate of drug-likeness (QED) is 0.0582. The van der Waals surface area contributed by atoms with E-state index in [9.17, 15) is 9.13 Å². The van der Waals surface area contributed by atoms with Gasteiger partial charge in [0, 0.05) is 18.5 Å². The van der Waals surface area contributed by atoms with Crippen LogP contribution in [0.4, 0.5) is 0 Å². The maximum Gasteiger partial charge on any atom is 0.647 e. The Morgan fingerprint density at radius 2 is 0.612 bits per heavy atom. The van der Waals surface area contributed by atoms with Crippen LogP contribution >= 0.6 is 15.0 Å². The van der Waals surface area contributed by atoms with Gasteiger partial charge < -0.3 is 18.1 Å². The number of hydrogen-bond donors (Lipinski definition) is 0. The molecule has 0 saturated heterocycles. The standard InChI is InChI=1S/C24H51OP.C18H15O4P/c1-4-7-10-13-16-19-22-26(25,23-20-17-14-11-8-5-2)24-21-18-15-12-9-6-3;19-23(20-16-10-4-1-5-11-16,21-17-12-6-2-7-13-17)22-18-14-8-3-9-15-18/h4-24H2,1-3H3;1-15H. The van der Waals surface area contributed by atoms with E-state index < -0.39 is 15.0 Å². The van der Waals surface area contributed by atoms with Gasteiger partial charge in [-0.2, -0.15) is 4.57 Å². The fourth-order valence-corrected chi connectivity index (χ4v) is 10.1. The highest BCUT2D eigenvalue weighted by atomic mass is 31.2. The van der Waals surface area contributed by atoms with Crippen molar-refractivity contribution in [2.75, 3.05) is 18.5 Å². The van der Waals surface area contributed by atoms with Crippen molar-refractivity contribution in [1.82, 2.24) is 0 Å². The number of rotatable bonds is 27. The van der Waals surface area contributed by atoms with Crippen LogP contribution in [0.25, 0.3) is 0 Å². The van der Waals surface area contributed by atoms with Crippen LogP contribution in [0.2, 0.25) is 0 Å². The molecule has 0 heterocycles. The zero-order valence-corrected chi connectivity index (χ0v) is 32.7. The Balaban J connectivity index is 0.000000341. The minimum absolute atomic E-state index is 0.405. The lowest BCUT2D eigenvalue weighted by Crippen LogP contribution is -2.07. The molecule has 0 aliphatic rings. The maximum absolute atomic E-state index is 13.5. The maximum atomic E-state index is 13.5. The molecule has 0 amide bonds. The minimum Gasteiger partial charge on any atom is -0.386 e. The molecular weight excluding hydrogens is 646 g/mol. The van der Waals surface area contributed by atoms with Crippen LogP contribution in [0.1, 0.15) is 136 Å². The molecule has 0 aliphatic carbocycles. The Morgan fingerprint density at radius 1 is 0.367 bits per heavy atom. The van der Waals surface area contributed by atoms with Crippen LogP contribution in [-0.4, -0.2) is 18.5 Å². The number of unbranched alkanes of at least 4 members (excludes halogenated alkanes) is 15. The summed E-state index contributed by atoms with van der Waals surface area (Å²) in [5.74, 6) is 1.22. The summed E-state index contributed by atoms with van der Waals surface area (Å²) in [6, 6.07) is 26.4. The first-order valence-corrected chi connectivity index (χ1v) is 23.1. The number of hydrogen-bond acceptors (Lipinski definition) is 5. The number of para-hydroxylation sites is 3. The van der Waals surface area contributed by atoms with E-state index in [1.54, 1.807) is 72.8 Å². The molecule has 3 aromatic carbocycles. The average Bonchev–Trinajstić information content (AvgIpc) is 3.11. The van der Waals surface area contributed by atoms with E-state index in [1.807, 2.05) is 18.2 Å². The fraction of sp³-hybridized carbons (Fsp3) is 0.571. The second-order valence-corrected chi connectivity index (χ2v) is 18.1. The third kappa shape index (κ3) is 21.4. The molecule has 0 fully saturated rings. The molecule has 274 valence electrons. The predicted octanol–water partition coefficient (Wildman–Crippen LogP) is 14.8. The molecule has 5 nitrogen and oxygen atoms in total. The van der Waals surface area contributed by atoms with Crippen molar-refractivity contribution < 1.29 is 22.7 Å². The Hall–Kier alpha value is -2.48. The summed E-state index contributed by atoms with van der Waals surface area (Å²) in [4.78, 5) is 0. The zero-order chi connectivity index (χ0) is 35.3. The lowest BCUT2D eigenvalue weighted by molar-refractivity contribution is 0.298. The van der Waals surface area contributed by atoms with Gasteiger partial charge in [0.1, 0.15) is 17.2 Å². The molecule has 0 N–H and O–H groups in total. The van der Waals surface area contributed by atoms with E-state index in [2.05, 4.69) is 20.8 Å². The average molecular weight is 713 g/mol. The van der Waals surface area contributed by atoms with E-state index in [0.29, 0.717) is 17.2 Å². The minimum atomic E-state index is -3.89. The van der Waals surface area contributed by atoms with Crippen LogP contribution in [0.5, 0.6) is 17.2 Å². The molecule has 0 aliphatic heterocycles. The van der Waals surface area contributed by atoms with Crippen molar-refractivity contribution in [2.24, 2.45) is 0 Å². The fourth-order valence-electron chi connectivity index (χ4n) is 5.76. The molecule has 0 aromatic heterocycles. The van der Waals surface area contributed by atoms with Crippen LogP contribution in [0, 0.1) is 0 Å². The first-order chi connectivity index (χ1) is 23.9. The highest BCUT2D eigenvalue weighted by molar-refractivity contribution is 7.63. The molecule has 0 radical (unpaired) electrons. The smallest absolute Gasteiger partial charge is 0.386 e. The SMILES string of the molecule is CCCCCCCCP(=O)(CCCCCCCC)CCCCCCCC.O=P(Oc1ccccc1)(Oc1ccccc1)Oc1ccccc1. The van der Waals surface area contributed by atoms with Crippen LogP contribution in [0.15, 0.2) is 91.0 Å². The Kier molecular flexibility index (Phi) is 23.8. The largest absolute Gasteiger partial charge is 0.647 e. The number of phosphoric ester groups is 1. The van der Waals surface area contributed by atoms with Gasteiger partial charge >= 0.3 is 7.82 Å². The van der Waals surface area contributed by atoms with Gasteiger partial charge in [-0.05, 0) is 55.7 Å². The molecule has 7 heteroatoms. The van der Waals surface area contributed by atoms with Crippen molar-refractivity contribution in [3.8, 4) is 17.2 Å². The van der Waals surface area contributed by atoms with Gasteiger partial charge in [0.25, 0.3) is 0 Å². The monoisotopic (exact) mass is 712 g/mol. The van der Waals surface area contributed by atoms with E-state index in [0.717, 1.165) is 18.5 Å². The van der Waals surface area contributed by atoms with Gasteiger partial charge in [-0.3, -0.25) is 0 Å². The normalized spacial score (nSPS) is 11.4. The summed E-state index contributed by atoms with van der Waals surface area (Å²) in [5.41, 5.74) is 0. The Bertz CT molecular complexity index is 1110. The first-order valence-electron chi connectivity index (χ1n) is 19.3. The van der Waals surface area contributed by atoms with Crippen molar-refractivity contribution in [2.45, 2.75) is 136 Å². The van der Waals surface area contributed by atoms with Gasteiger partial charge in [0.2, 0.25) is 0 Å². The molecule has 0 spiro atoms. The van der Waals surface area contributed by atoms with Gasteiger partial charge in [0.05, 0.1) is 7.14 Å². The predicted molar refractivity (Wildman–Crippen MR) is 211 cm³/mol. The van der Waals surface area contributed by atoms with Crippen LogP contribution in [0.3, 0.4) is 0 Å². The summed E-state index contributed by atoms with van der Waals surface area (Å²) in [6.45, 7) is 6.82. The molecule has 49 heavy (non-hydrogen) atoms. The van der Waals surface area contributed by atoms with E-state index in [-0.39, 0.29) is 0 Å². The molecular formula is C42H66O5P2. The third-order valence-electron chi connectivity index (χ3n) is 8.64. The second kappa shape index (κ2) is 27.3. The molecule has 0 unspecified atom stereocenters. The first kappa shape index (κ1) is 42.7. The van der Waals surface area contributed by atoms with Gasteiger partial charge in [-0.25, -0.2) is 0 Å². The third-order valence-corrected chi connectivity index (χ3v) is 13.3. The Labute approximate surface area is 299 Å². The summed E-state index contributed by atoms with van der Waals surface area (Å²) >= 11 is 0. The van der Waals surface area contributed by atoms with Crippen LogP contribution < -0.4 is 13.6 Å². The summed E-state index contributed by atoms with van der Waals surface area (Å²) < 4.78 is 43.1. The molecule has 0 bridgehead atoms.